The maximum atomic E-state index is 13.1. The molecule has 0 radical (unpaired) electrons. The fourth-order valence-corrected chi connectivity index (χ4v) is 3.57. The van der Waals surface area contributed by atoms with Crippen LogP contribution in [-0.2, 0) is 0 Å². The second kappa shape index (κ2) is 9.50. The number of hydrogen-bond donors (Lipinski definition) is 2. The molecule has 1 heterocycles. The Labute approximate surface area is 176 Å². The lowest BCUT2D eigenvalue weighted by Crippen LogP contribution is -2.45. The van der Waals surface area contributed by atoms with E-state index >= 15 is 0 Å². The molecule has 0 aliphatic carbocycles. The van der Waals surface area contributed by atoms with Crippen LogP contribution in [0.4, 0.5) is 0 Å². The molecule has 0 saturated heterocycles. The van der Waals surface area contributed by atoms with E-state index in [1.54, 1.807) is 6.92 Å². The summed E-state index contributed by atoms with van der Waals surface area (Å²) in [6.45, 7) is 5.41. The predicted octanol–water partition coefficient (Wildman–Crippen LogP) is 3.12. The van der Waals surface area contributed by atoms with Crippen LogP contribution < -0.4 is 5.43 Å². The number of rotatable bonds is 7. The highest BCUT2D eigenvalue weighted by atomic mass is 16.3. The monoisotopic (exact) mass is 405 g/mol. The number of aliphatic hydroxyl groups is 1. The standard InChI is InChI=1S/C24H27N3O3/c1-16(2)27(24(30)22-23(29)17(3)14-25-26-22)15-20(28)21(18-10-6-4-7-11-18)19-12-8-5-9-13-19/h4-14,16,20-21,28H,15H2,1-3H3,(H,25,29)/t20-/m0/s1. The first-order valence-electron chi connectivity index (χ1n) is 10.0. The van der Waals surface area contributed by atoms with Crippen molar-refractivity contribution in [2.75, 3.05) is 6.54 Å². The van der Waals surface area contributed by atoms with Crippen LogP contribution in [-0.4, -0.2) is 44.8 Å². The van der Waals surface area contributed by atoms with Crippen LogP contribution in [0.1, 0.15) is 46.9 Å². The maximum Gasteiger partial charge on any atom is 0.278 e. The molecule has 2 N–H and O–H groups in total. The number of aryl methyl sites for hydroxylation is 1. The summed E-state index contributed by atoms with van der Waals surface area (Å²) in [6, 6.07) is 19.2. The largest absolute Gasteiger partial charge is 0.390 e. The molecule has 0 aliphatic rings. The molecule has 30 heavy (non-hydrogen) atoms. The molecule has 0 spiro atoms. The lowest BCUT2D eigenvalue weighted by atomic mass is 9.86. The summed E-state index contributed by atoms with van der Waals surface area (Å²) in [5, 5.41) is 17.8. The number of H-pyrrole nitrogens is 1. The van der Waals surface area contributed by atoms with E-state index < -0.39 is 17.4 Å². The van der Waals surface area contributed by atoms with E-state index in [1.165, 1.54) is 11.1 Å². The Balaban J connectivity index is 1.94. The zero-order valence-corrected chi connectivity index (χ0v) is 17.4. The smallest absolute Gasteiger partial charge is 0.278 e. The summed E-state index contributed by atoms with van der Waals surface area (Å²) in [5.41, 5.74) is 1.77. The van der Waals surface area contributed by atoms with Gasteiger partial charge in [-0.15, -0.1) is 0 Å². The number of carbonyl (C=O) groups excluding carboxylic acids is 1. The summed E-state index contributed by atoms with van der Waals surface area (Å²) in [6.07, 6.45) is 0.596. The maximum absolute atomic E-state index is 13.1. The van der Waals surface area contributed by atoms with Crippen molar-refractivity contribution in [3.05, 3.63) is 99.5 Å². The minimum atomic E-state index is -0.870. The van der Waals surface area contributed by atoms with Crippen LogP contribution in [0.5, 0.6) is 0 Å². The molecular formula is C24H27N3O3. The minimum Gasteiger partial charge on any atom is -0.390 e. The van der Waals surface area contributed by atoms with Crippen molar-refractivity contribution in [3.63, 3.8) is 0 Å². The van der Waals surface area contributed by atoms with Gasteiger partial charge in [0.25, 0.3) is 5.91 Å². The van der Waals surface area contributed by atoms with Crippen molar-refractivity contribution in [1.82, 2.24) is 15.1 Å². The van der Waals surface area contributed by atoms with Gasteiger partial charge in [0.1, 0.15) is 0 Å². The number of carbonyl (C=O) groups is 1. The van der Waals surface area contributed by atoms with Gasteiger partial charge in [0, 0.05) is 30.3 Å². The van der Waals surface area contributed by atoms with Gasteiger partial charge < -0.3 is 10.0 Å². The van der Waals surface area contributed by atoms with Crippen molar-refractivity contribution in [3.8, 4) is 0 Å². The van der Waals surface area contributed by atoms with Crippen LogP contribution in [0, 0.1) is 6.92 Å². The molecule has 156 valence electrons. The Morgan fingerprint density at radius 3 is 2.07 bits per heavy atom. The van der Waals surface area contributed by atoms with Gasteiger partial charge in [0.05, 0.1) is 6.10 Å². The molecule has 6 heteroatoms. The Morgan fingerprint density at radius 1 is 1.03 bits per heavy atom. The fourth-order valence-electron chi connectivity index (χ4n) is 3.57. The van der Waals surface area contributed by atoms with E-state index in [2.05, 4.69) is 10.2 Å². The van der Waals surface area contributed by atoms with Crippen molar-refractivity contribution < 1.29 is 9.90 Å². The topological polar surface area (TPSA) is 86.3 Å². The van der Waals surface area contributed by atoms with Crippen LogP contribution in [0.3, 0.4) is 0 Å². The molecule has 2 aromatic carbocycles. The number of benzene rings is 2. The van der Waals surface area contributed by atoms with Crippen LogP contribution in [0.25, 0.3) is 0 Å². The van der Waals surface area contributed by atoms with E-state index in [0.717, 1.165) is 11.1 Å². The number of aromatic nitrogens is 2. The molecule has 1 amide bonds. The molecule has 0 unspecified atom stereocenters. The second-order valence-corrected chi connectivity index (χ2v) is 7.66. The van der Waals surface area contributed by atoms with Crippen molar-refractivity contribution in [2.45, 2.75) is 38.8 Å². The Bertz CT molecular complexity index is 993. The van der Waals surface area contributed by atoms with Gasteiger partial charge in [0.2, 0.25) is 5.43 Å². The first kappa shape index (κ1) is 21.5. The zero-order chi connectivity index (χ0) is 21.7. The summed E-state index contributed by atoms with van der Waals surface area (Å²) >= 11 is 0. The summed E-state index contributed by atoms with van der Waals surface area (Å²) < 4.78 is 0. The lowest BCUT2D eigenvalue weighted by Gasteiger charge is -2.32. The van der Waals surface area contributed by atoms with Gasteiger partial charge in [0.15, 0.2) is 5.69 Å². The van der Waals surface area contributed by atoms with Gasteiger partial charge in [-0.3, -0.25) is 14.7 Å². The van der Waals surface area contributed by atoms with E-state index in [1.807, 2.05) is 74.5 Å². The van der Waals surface area contributed by atoms with E-state index in [-0.39, 0.29) is 24.2 Å². The van der Waals surface area contributed by atoms with Gasteiger partial charge in [-0.1, -0.05) is 60.7 Å². The molecule has 0 saturated carbocycles. The average molecular weight is 405 g/mol. The zero-order valence-electron chi connectivity index (χ0n) is 17.4. The number of nitrogens with one attached hydrogen (secondary N) is 1. The highest BCUT2D eigenvalue weighted by Crippen LogP contribution is 2.29. The highest BCUT2D eigenvalue weighted by Gasteiger charge is 2.30. The number of aliphatic hydroxyl groups excluding tert-OH is 1. The van der Waals surface area contributed by atoms with Crippen molar-refractivity contribution in [2.24, 2.45) is 0 Å². The highest BCUT2D eigenvalue weighted by molar-refractivity contribution is 5.92. The van der Waals surface area contributed by atoms with Crippen molar-refractivity contribution >= 4 is 5.91 Å². The third kappa shape index (κ3) is 4.66. The van der Waals surface area contributed by atoms with Gasteiger partial charge in [-0.05, 0) is 31.9 Å². The summed E-state index contributed by atoms with van der Waals surface area (Å²) in [5.74, 6) is -0.806. The predicted molar refractivity (Wildman–Crippen MR) is 117 cm³/mol. The van der Waals surface area contributed by atoms with Crippen LogP contribution in [0.2, 0.25) is 0 Å². The van der Waals surface area contributed by atoms with E-state index in [9.17, 15) is 14.7 Å². The number of amides is 1. The molecule has 3 rings (SSSR count). The molecule has 0 aliphatic heterocycles. The van der Waals surface area contributed by atoms with Gasteiger partial charge in [-0.2, -0.15) is 5.10 Å². The Hall–Kier alpha value is -3.25. The lowest BCUT2D eigenvalue weighted by molar-refractivity contribution is 0.0512. The number of aromatic amines is 1. The first-order valence-corrected chi connectivity index (χ1v) is 10.0. The third-order valence-electron chi connectivity index (χ3n) is 5.20. The molecule has 0 bridgehead atoms. The summed E-state index contributed by atoms with van der Waals surface area (Å²) in [4.78, 5) is 27.0. The minimum absolute atomic E-state index is 0.0695. The van der Waals surface area contributed by atoms with Crippen molar-refractivity contribution in [1.29, 1.82) is 0 Å². The normalized spacial score (nSPS) is 12.2. The van der Waals surface area contributed by atoms with E-state index in [0.29, 0.717) is 5.56 Å². The number of hydrogen-bond acceptors (Lipinski definition) is 4. The molecule has 3 aromatic rings. The second-order valence-electron chi connectivity index (χ2n) is 7.66. The van der Waals surface area contributed by atoms with Gasteiger partial charge in [-0.25, -0.2) is 0 Å². The average Bonchev–Trinajstić information content (AvgIpc) is 2.75. The summed E-state index contributed by atoms with van der Waals surface area (Å²) in [7, 11) is 0. The molecule has 1 aromatic heterocycles. The van der Waals surface area contributed by atoms with Gasteiger partial charge >= 0.3 is 0 Å². The van der Waals surface area contributed by atoms with Crippen LogP contribution >= 0.6 is 0 Å². The SMILES string of the molecule is Cc1c[nH]nc(C(=O)N(C[C@H](O)C(c2ccccc2)c2ccccc2)C(C)C)c1=O. The molecule has 6 nitrogen and oxygen atoms in total. The number of nitrogens with zero attached hydrogens (tertiary/aromatic N) is 2. The van der Waals surface area contributed by atoms with E-state index in [4.69, 9.17) is 0 Å². The molecular weight excluding hydrogens is 378 g/mol. The molecule has 0 fully saturated rings. The van der Waals surface area contributed by atoms with Crippen LogP contribution in [0.15, 0.2) is 71.7 Å². The fraction of sp³-hybridized carbons (Fsp3) is 0.292. The molecule has 1 atom stereocenters. The Morgan fingerprint density at radius 2 is 1.57 bits per heavy atom. The first-order chi connectivity index (χ1) is 14.4. The third-order valence-corrected chi connectivity index (χ3v) is 5.20. The quantitative estimate of drug-likeness (QED) is 0.632. The Kier molecular flexibility index (Phi) is 6.79.